The molecule has 1 aromatic heterocycles. The molecule has 2 atom stereocenters. The van der Waals surface area contributed by atoms with E-state index in [9.17, 15) is 13.5 Å². The van der Waals surface area contributed by atoms with Crippen molar-refractivity contribution in [2.24, 2.45) is 5.92 Å². The number of hydrogen-bond donors (Lipinski definition) is 1. The lowest BCUT2D eigenvalue weighted by atomic mass is 10.0. The van der Waals surface area contributed by atoms with Crippen LogP contribution in [0.5, 0.6) is 0 Å². The Morgan fingerprint density at radius 3 is 3.00 bits per heavy atom. The van der Waals surface area contributed by atoms with Crippen LogP contribution in [-0.2, 0) is 22.8 Å². The van der Waals surface area contributed by atoms with Gasteiger partial charge in [0.25, 0.3) is 0 Å². The number of aliphatic hydroxyl groups is 1. The van der Waals surface area contributed by atoms with Crippen molar-refractivity contribution in [3.8, 4) is 0 Å². The highest BCUT2D eigenvalue weighted by atomic mass is 32.2. The zero-order valence-electron chi connectivity index (χ0n) is 10.2. The molecular weight excluding hydrogens is 252 g/mol. The Morgan fingerprint density at radius 1 is 1.44 bits per heavy atom. The third-order valence-electron chi connectivity index (χ3n) is 3.97. The van der Waals surface area contributed by atoms with Gasteiger partial charge in [-0.05, 0) is 25.2 Å². The molecule has 1 N–H and O–H groups in total. The molecule has 3 rings (SSSR count). The van der Waals surface area contributed by atoms with Crippen molar-refractivity contribution in [2.75, 3.05) is 11.5 Å². The van der Waals surface area contributed by atoms with Crippen LogP contribution in [0.15, 0.2) is 6.20 Å². The zero-order chi connectivity index (χ0) is 12.8. The molecule has 3 heterocycles. The first-order valence-electron chi connectivity index (χ1n) is 6.48. The Balaban J connectivity index is 1.78. The lowest BCUT2D eigenvalue weighted by Gasteiger charge is -2.21. The average molecular weight is 270 g/mol. The minimum absolute atomic E-state index is 0.195. The zero-order valence-corrected chi connectivity index (χ0v) is 11.1. The van der Waals surface area contributed by atoms with E-state index in [1.54, 1.807) is 6.20 Å². The number of hydrogen-bond acceptors (Lipinski definition) is 4. The normalized spacial score (nSPS) is 30.3. The maximum Gasteiger partial charge on any atom is 0.150 e. The summed E-state index contributed by atoms with van der Waals surface area (Å²) in [7, 11) is -2.82. The van der Waals surface area contributed by atoms with Gasteiger partial charge in [-0.1, -0.05) is 0 Å². The number of nitrogens with zero attached hydrogens (tertiary/aromatic N) is 2. The Labute approximate surface area is 107 Å². The van der Waals surface area contributed by atoms with E-state index in [4.69, 9.17) is 0 Å². The Hall–Kier alpha value is -0.880. The highest BCUT2D eigenvalue weighted by Gasteiger charge is 2.30. The monoisotopic (exact) mass is 270 g/mol. The molecule has 0 saturated carbocycles. The van der Waals surface area contributed by atoms with Crippen molar-refractivity contribution in [3.05, 3.63) is 17.7 Å². The average Bonchev–Trinajstić information content (AvgIpc) is 2.85. The summed E-state index contributed by atoms with van der Waals surface area (Å²) in [5, 5.41) is 9.86. The minimum Gasteiger partial charge on any atom is -0.387 e. The fourth-order valence-electron chi connectivity index (χ4n) is 3.00. The highest BCUT2D eigenvalue weighted by Crippen LogP contribution is 2.28. The molecule has 0 spiro atoms. The van der Waals surface area contributed by atoms with E-state index in [1.165, 1.54) is 0 Å². The molecule has 5 nitrogen and oxygen atoms in total. The van der Waals surface area contributed by atoms with Crippen molar-refractivity contribution in [1.82, 2.24) is 9.55 Å². The molecule has 6 heteroatoms. The molecule has 2 aliphatic rings. The van der Waals surface area contributed by atoms with Gasteiger partial charge >= 0.3 is 0 Å². The van der Waals surface area contributed by atoms with Crippen LogP contribution >= 0.6 is 0 Å². The SMILES string of the molecule is O=S1(=O)CCC(Cc2ncc3n2CCCC3O)C1. The summed E-state index contributed by atoms with van der Waals surface area (Å²) in [4.78, 5) is 4.37. The van der Waals surface area contributed by atoms with Crippen LogP contribution < -0.4 is 0 Å². The van der Waals surface area contributed by atoms with Gasteiger partial charge in [-0.3, -0.25) is 0 Å². The molecule has 0 aromatic carbocycles. The second kappa shape index (κ2) is 4.35. The van der Waals surface area contributed by atoms with Gasteiger partial charge < -0.3 is 9.67 Å². The third kappa shape index (κ3) is 2.19. The van der Waals surface area contributed by atoms with Gasteiger partial charge in [0.1, 0.15) is 5.82 Å². The smallest absolute Gasteiger partial charge is 0.150 e. The maximum atomic E-state index is 11.4. The highest BCUT2D eigenvalue weighted by molar-refractivity contribution is 7.91. The number of sulfone groups is 1. The first-order valence-corrected chi connectivity index (χ1v) is 8.30. The second-order valence-electron chi connectivity index (χ2n) is 5.38. The summed E-state index contributed by atoms with van der Waals surface area (Å²) in [5.41, 5.74) is 0.886. The van der Waals surface area contributed by atoms with E-state index in [0.29, 0.717) is 12.2 Å². The van der Waals surface area contributed by atoms with Gasteiger partial charge in [0.15, 0.2) is 9.84 Å². The van der Waals surface area contributed by atoms with Crippen LogP contribution in [0.3, 0.4) is 0 Å². The largest absolute Gasteiger partial charge is 0.387 e. The summed E-state index contributed by atoms with van der Waals surface area (Å²) >= 11 is 0. The van der Waals surface area contributed by atoms with Gasteiger partial charge in [-0.2, -0.15) is 0 Å². The van der Waals surface area contributed by atoms with Crippen LogP contribution in [0.2, 0.25) is 0 Å². The molecule has 100 valence electrons. The standard InChI is InChI=1S/C12H18N2O3S/c15-11-2-1-4-14-10(11)7-13-12(14)6-9-3-5-18(16,17)8-9/h7,9,11,15H,1-6,8H2. The molecule has 1 aromatic rings. The van der Waals surface area contributed by atoms with Gasteiger partial charge in [0, 0.05) is 13.0 Å². The van der Waals surface area contributed by atoms with Crippen LogP contribution in [0, 0.1) is 5.92 Å². The fraction of sp³-hybridized carbons (Fsp3) is 0.750. The second-order valence-corrected chi connectivity index (χ2v) is 7.61. The molecule has 2 aliphatic heterocycles. The summed E-state index contributed by atoms with van der Waals surface area (Å²) in [5.74, 6) is 1.73. The third-order valence-corrected chi connectivity index (χ3v) is 5.80. The van der Waals surface area contributed by atoms with Crippen molar-refractivity contribution in [2.45, 2.75) is 38.3 Å². The van der Waals surface area contributed by atoms with Crippen LogP contribution in [-0.4, -0.2) is 34.6 Å². The predicted molar refractivity (Wildman–Crippen MR) is 66.9 cm³/mol. The van der Waals surface area contributed by atoms with E-state index in [-0.39, 0.29) is 11.7 Å². The van der Waals surface area contributed by atoms with Crippen LogP contribution in [0.1, 0.15) is 36.9 Å². The molecule has 1 saturated heterocycles. The van der Waals surface area contributed by atoms with Crippen LogP contribution in [0.25, 0.3) is 0 Å². The van der Waals surface area contributed by atoms with Gasteiger partial charge in [0.2, 0.25) is 0 Å². The topological polar surface area (TPSA) is 72.2 Å². The maximum absolute atomic E-state index is 11.4. The van der Waals surface area contributed by atoms with Crippen molar-refractivity contribution < 1.29 is 13.5 Å². The summed E-state index contributed by atoms with van der Waals surface area (Å²) < 4.78 is 25.0. The Morgan fingerprint density at radius 2 is 2.28 bits per heavy atom. The quantitative estimate of drug-likeness (QED) is 0.858. The van der Waals surface area contributed by atoms with E-state index in [0.717, 1.165) is 37.3 Å². The van der Waals surface area contributed by atoms with Gasteiger partial charge in [-0.25, -0.2) is 13.4 Å². The van der Waals surface area contributed by atoms with E-state index < -0.39 is 15.9 Å². The van der Waals surface area contributed by atoms with E-state index in [1.807, 2.05) is 0 Å². The molecule has 18 heavy (non-hydrogen) atoms. The van der Waals surface area contributed by atoms with Crippen LogP contribution in [0.4, 0.5) is 0 Å². The lowest BCUT2D eigenvalue weighted by Crippen LogP contribution is -2.18. The number of aromatic nitrogens is 2. The Kier molecular flexibility index (Phi) is 2.94. The first kappa shape index (κ1) is 12.2. The summed E-state index contributed by atoms with van der Waals surface area (Å²) in [6.07, 6.45) is 4.54. The minimum atomic E-state index is -2.82. The van der Waals surface area contributed by atoms with Gasteiger partial charge in [0.05, 0.1) is 29.5 Å². The van der Waals surface area contributed by atoms with Crippen molar-refractivity contribution >= 4 is 9.84 Å². The van der Waals surface area contributed by atoms with Crippen molar-refractivity contribution in [1.29, 1.82) is 0 Å². The predicted octanol–water partition coefficient (Wildman–Crippen LogP) is 0.688. The number of fused-ring (bicyclic) bond motifs is 1. The number of imidazole rings is 1. The fourth-order valence-corrected chi connectivity index (χ4v) is 4.86. The summed E-state index contributed by atoms with van der Waals surface area (Å²) in [6, 6.07) is 0. The molecule has 1 fully saturated rings. The van der Waals surface area contributed by atoms with E-state index in [2.05, 4.69) is 9.55 Å². The van der Waals surface area contributed by atoms with Crippen molar-refractivity contribution in [3.63, 3.8) is 0 Å². The number of rotatable bonds is 2. The summed E-state index contributed by atoms with van der Waals surface area (Å²) in [6.45, 7) is 0.890. The molecule has 2 unspecified atom stereocenters. The first-order chi connectivity index (χ1) is 8.55. The molecule has 0 bridgehead atoms. The Bertz CT molecular complexity index is 550. The van der Waals surface area contributed by atoms with E-state index >= 15 is 0 Å². The molecule has 0 radical (unpaired) electrons. The lowest BCUT2D eigenvalue weighted by molar-refractivity contribution is 0.138. The number of aliphatic hydroxyl groups excluding tert-OH is 1. The molecule has 0 amide bonds. The molecular formula is C12H18N2O3S. The molecule has 0 aliphatic carbocycles. The van der Waals surface area contributed by atoms with Gasteiger partial charge in [-0.15, -0.1) is 0 Å².